The average molecular weight is 496 g/mol. The van der Waals surface area contributed by atoms with E-state index in [2.05, 4.69) is 72.7 Å². The molecular weight excluding hydrogens is 473 g/mol. The number of aromatic amines is 1. The molecule has 0 aliphatic carbocycles. The molecule has 0 atom stereocenters. The summed E-state index contributed by atoms with van der Waals surface area (Å²) < 4.78 is 0. The minimum absolute atomic E-state index is 0.129. The van der Waals surface area contributed by atoms with Crippen molar-refractivity contribution in [3.8, 4) is 22.5 Å². The van der Waals surface area contributed by atoms with Crippen LogP contribution in [-0.2, 0) is 4.79 Å². The molecule has 1 aromatic heterocycles. The van der Waals surface area contributed by atoms with Gasteiger partial charge in [0.25, 0.3) is 0 Å². The smallest absolute Gasteiger partial charge is 0.225 e. The highest BCUT2D eigenvalue weighted by molar-refractivity contribution is 7.99. The number of nitrogens with zero attached hydrogens (tertiary/aromatic N) is 1. The Morgan fingerprint density at radius 2 is 1.58 bits per heavy atom. The molecule has 4 nitrogen and oxygen atoms in total. The molecule has 33 heavy (non-hydrogen) atoms. The van der Waals surface area contributed by atoms with Gasteiger partial charge >= 0.3 is 0 Å². The molecule has 0 fully saturated rings. The summed E-state index contributed by atoms with van der Waals surface area (Å²) in [7, 11) is 0. The molecule has 0 radical (unpaired) electrons. The number of carbonyl (C=O) groups is 1. The van der Waals surface area contributed by atoms with Crippen molar-refractivity contribution in [2.75, 3.05) is 11.1 Å². The molecule has 0 aliphatic rings. The number of H-pyrrole nitrogens is 1. The number of thioether (sulfide) groups is 1. The third kappa shape index (κ3) is 5.80. The molecule has 7 heteroatoms. The molecule has 168 valence electrons. The lowest BCUT2D eigenvalue weighted by Gasteiger charge is -2.07. The quantitative estimate of drug-likeness (QED) is 0.257. The summed E-state index contributed by atoms with van der Waals surface area (Å²) in [4.78, 5) is 20.7. The maximum absolute atomic E-state index is 12.4. The van der Waals surface area contributed by atoms with Crippen LogP contribution in [-0.4, -0.2) is 21.6 Å². The number of hydrogen-bond donors (Lipinski definition) is 2. The van der Waals surface area contributed by atoms with Crippen molar-refractivity contribution in [2.45, 2.75) is 25.4 Å². The fourth-order valence-corrected chi connectivity index (χ4v) is 4.48. The summed E-state index contributed by atoms with van der Waals surface area (Å²) in [5.74, 6) is 0.439. The topological polar surface area (TPSA) is 57.8 Å². The van der Waals surface area contributed by atoms with Gasteiger partial charge in [-0.05, 0) is 26.0 Å². The van der Waals surface area contributed by atoms with Gasteiger partial charge in [-0.3, -0.25) is 4.79 Å². The molecule has 3 aromatic carbocycles. The number of carbonyl (C=O) groups excluding carboxylic acids is 1. The van der Waals surface area contributed by atoms with E-state index in [1.807, 2.05) is 0 Å². The van der Waals surface area contributed by atoms with Crippen molar-refractivity contribution in [1.29, 1.82) is 0 Å². The Kier molecular flexibility index (Phi) is 7.43. The number of imidazole rings is 1. The Bertz CT molecular complexity index is 1200. The molecular formula is C26H23Cl2N3OS. The van der Waals surface area contributed by atoms with Crippen LogP contribution in [0.3, 0.4) is 0 Å². The van der Waals surface area contributed by atoms with Crippen LogP contribution in [0.4, 0.5) is 5.69 Å². The first kappa shape index (κ1) is 23.4. The van der Waals surface area contributed by atoms with Gasteiger partial charge in [0.1, 0.15) is 0 Å². The van der Waals surface area contributed by atoms with Gasteiger partial charge in [0.05, 0.1) is 27.1 Å². The van der Waals surface area contributed by atoms with E-state index in [1.54, 1.807) is 18.2 Å². The van der Waals surface area contributed by atoms with Crippen LogP contribution >= 0.6 is 35.0 Å². The third-order valence-electron chi connectivity index (χ3n) is 5.14. The predicted octanol–water partition coefficient (Wildman–Crippen LogP) is 7.79. The molecule has 0 aliphatic heterocycles. The molecule has 1 heterocycles. The summed E-state index contributed by atoms with van der Waals surface area (Å²) in [6, 6.07) is 21.9. The van der Waals surface area contributed by atoms with Crippen molar-refractivity contribution in [2.24, 2.45) is 0 Å². The molecule has 4 aromatic rings. The van der Waals surface area contributed by atoms with Crippen molar-refractivity contribution < 1.29 is 4.79 Å². The Labute approximate surface area is 207 Å². The standard InChI is InChI=1S/C26H23Cl2N3OS/c1-16-6-10-18(11-7-16)24-25(19-12-8-17(2)9-13-19)31-26(30-24)33-15-14-22(32)29-21-5-3-4-20(27)23(21)28/h3-13H,14-15H2,1-2H3,(H,29,32)(H,30,31). The van der Waals surface area contributed by atoms with Gasteiger partial charge in [-0.2, -0.15) is 0 Å². The highest BCUT2D eigenvalue weighted by Gasteiger charge is 2.15. The summed E-state index contributed by atoms with van der Waals surface area (Å²) in [5.41, 5.74) is 6.91. The summed E-state index contributed by atoms with van der Waals surface area (Å²) in [5, 5.41) is 4.34. The van der Waals surface area contributed by atoms with E-state index >= 15 is 0 Å². The average Bonchev–Trinajstić information content (AvgIpc) is 3.22. The zero-order valence-electron chi connectivity index (χ0n) is 18.3. The van der Waals surface area contributed by atoms with Gasteiger partial charge < -0.3 is 10.3 Å². The Hall–Kier alpha value is -2.73. The van der Waals surface area contributed by atoms with E-state index in [0.29, 0.717) is 27.9 Å². The Morgan fingerprint density at radius 3 is 2.24 bits per heavy atom. The highest BCUT2D eigenvalue weighted by atomic mass is 35.5. The second-order valence-corrected chi connectivity index (χ2v) is 9.61. The third-order valence-corrected chi connectivity index (χ3v) is 6.83. The van der Waals surface area contributed by atoms with Crippen LogP contribution in [0.25, 0.3) is 22.5 Å². The van der Waals surface area contributed by atoms with Crippen LogP contribution in [0.2, 0.25) is 10.0 Å². The predicted molar refractivity (Wildman–Crippen MR) is 139 cm³/mol. The number of benzene rings is 3. The van der Waals surface area contributed by atoms with Crippen LogP contribution in [0.1, 0.15) is 17.5 Å². The lowest BCUT2D eigenvalue weighted by molar-refractivity contribution is -0.115. The SMILES string of the molecule is Cc1ccc(-c2nc(SCCC(=O)Nc3cccc(Cl)c3Cl)[nH]c2-c2ccc(C)cc2)cc1. The van der Waals surface area contributed by atoms with Crippen LogP contribution in [0.5, 0.6) is 0 Å². The number of anilines is 1. The fourth-order valence-electron chi connectivity index (χ4n) is 3.32. The summed E-state index contributed by atoms with van der Waals surface area (Å²) in [6.45, 7) is 4.14. The van der Waals surface area contributed by atoms with E-state index in [1.165, 1.54) is 22.9 Å². The van der Waals surface area contributed by atoms with Crippen molar-refractivity contribution in [1.82, 2.24) is 9.97 Å². The zero-order chi connectivity index (χ0) is 23.4. The maximum atomic E-state index is 12.4. The van der Waals surface area contributed by atoms with Gasteiger partial charge in [-0.15, -0.1) is 0 Å². The zero-order valence-corrected chi connectivity index (χ0v) is 20.6. The lowest BCUT2D eigenvalue weighted by Crippen LogP contribution is -2.12. The number of amides is 1. The van der Waals surface area contributed by atoms with Crippen molar-refractivity contribution >= 4 is 46.6 Å². The Morgan fingerprint density at radius 1 is 0.939 bits per heavy atom. The maximum Gasteiger partial charge on any atom is 0.225 e. The van der Waals surface area contributed by atoms with Gasteiger partial charge in [-0.1, -0.05) is 101 Å². The van der Waals surface area contributed by atoms with Crippen molar-refractivity contribution in [3.05, 3.63) is 87.9 Å². The van der Waals surface area contributed by atoms with Gasteiger partial charge in [-0.25, -0.2) is 4.98 Å². The van der Waals surface area contributed by atoms with Gasteiger partial charge in [0.15, 0.2) is 5.16 Å². The van der Waals surface area contributed by atoms with E-state index in [0.717, 1.165) is 27.7 Å². The number of aryl methyl sites for hydroxylation is 2. The molecule has 0 saturated heterocycles. The first-order valence-corrected chi connectivity index (χ1v) is 12.3. The molecule has 1 amide bonds. The second kappa shape index (κ2) is 10.5. The monoisotopic (exact) mass is 495 g/mol. The van der Waals surface area contributed by atoms with E-state index < -0.39 is 0 Å². The minimum atomic E-state index is -0.129. The summed E-state index contributed by atoms with van der Waals surface area (Å²) in [6.07, 6.45) is 0.313. The van der Waals surface area contributed by atoms with E-state index in [9.17, 15) is 4.79 Å². The largest absolute Gasteiger partial charge is 0.332 e. The first-order chi connectivity index (χ1) is 15.9. The Balaban J connectivity index is 1.49. The molecule has 0 saturated carbocycles. The second-order valence-electron chi connectivity index (χ2n) is 7.75. The number of aromatic nitrogens is 2. The molecule has 0 spiro atoms. The number of hydrogen-bond acceptors (Lipinski definition) is 3. The molecule has 2 N–H and O–H groups in total. The van der Waals surface area contributed by atoms with Crippen molar-refractivity contribution in [3.63, 3.8) is 0 Å². The van der Waals surface area contributed by atoms with Crippen LogP contribution in [0.15, 0.2) is 71.9 Å². The van der Waals surface area contributed by atoms with Crippen LogP contribution < -0.4 is 5.32 Å². The minimum Gasteiger partial charge on any atom is -0.332 e. The lowest BCUT2D eigenvalue weighted by atomic mass is 10.0. The highest BCUT2D eigenvalue weighted by Crippen LogP contribution is 2.33. The number of halogens is 2. The van der Waals surface area contributed by atoms with E-state index in [-0.39, 0.29) is 5.91 Å². The number of nitrogens with one attached hydrogen (secondary N) is 2. The molecule has 0 unspecified atom stereocenters. The number of rotatable bonds is 7. The normalized spacial score (nSPS) is 10.9. The van der Waals surface area contributed by atoms with Crippen LogP contribution in [0, 0.1) is 13.8 Å². The van der Waals surface area contributed by atoms with Gasteiger partial charge in [0, 0.05) is 23.3 Å². The molecule has 0 bridgehead atoms. The van der Waals surface area contributed by atoms with E-state index in [4.69, 9.17) is 28.2 Å². The first-order valence-electron chi connectivity index (χ1n) is 10.5. The summed E-state index contributed by atoms with van der Waals surface area (Å²) >= 11 is 13.7. The fraction of sp³-hybridized carbons (Fsp3) is 0.154. The van der Waals surface area contributed by atoms with Gasteiger partial charge in [0.2, 0.25) is 5.91 Å². The molecule has 4 rings (SSSR count).